The highest BCUT2D eigenvalue weighted by Crippen LogP contribution is 2.10. The fourth-order valence-corrected chi connectivity index (χ4v) is 1.50. The molecule has 72 valence electrons. The van der Waals surface area contributed by atoms with Gasteiger partial charge in [0.15, 0.2) is 0 Å². The van der Waals surface area contributed by atoms with Gasteiger partial charge in [0.25, 0.3) is 0 Å². The lowest BCUT2D eigenvalue weighted by Gasteiger charge is -2.03. The molecular formula is C9H15BO2S. The van der Waals surface area contributed by atoms with Crippen LogP contribution >= 0.6 is 11.8 Å². The molecule has 2 N–H and O–H groups in total. The second-order valence-corrected chi connectivity index (χ2v) is 2.96. The van der Waals surface area contributed by atoms with E-state index in [-0.39, 0.29) is 0 Å². The first-order valence-electron chi connectivity index (χ1n) is 4.24. The maximum Gasteiger partial charge on any atom is 0.489 e. The fraction of sp³-hybridized carbons (Fsp3) is 0.333. The SMILES string of the molecule is CC.CSc1ccccc1B(O)O. The zero-order valence-electron chi connectivity index (χ0n) is 8.19. The van der Waals surface area contributed by atoms with Gasteiger partial charge in [0.1, 0.15) is 0 Å². The monoisotopic (exact) mass is 198 g/mol. The van der Waals surface area contributed by atoms with Crippen molar-refractivity contribution in [3.8, 4) is 0 Å². The van der Waals surface area contributed by atoms with Gasteiger partial charge in [-0.2, -0.15) is 0 Å². The standard InChI is InChI=1S/C7H9BO2S.C2H6/c1-11-7-5-3-2-4-6(7)8(9)10;1-2/h2-5,9-10H,1H3;1-2H3. The largest absolute Gasteiger partial charge is 0.489 e. The fourth-order valence-electron chi connectivity index (χ4n) is 0.880. The molecule has 0 aromatic heterocycles. The molecule has 1 aromatic rings. The third-order valence-corrected chi connectivity index (χ3v) is 2.23. The Bertz CT molecular complexity index is 241. The van der Waals surface area contributed by atoms with Gasteiger partial charge in [-0.15, -0.1) is 11.8 Å². The van der Waals surface area contributed by atoms with Crippen LogP contribution < -0.4 is 5.46 Å². The molecule has 0 radical (unpaired) electrons. The molecular weight excluding hydrogens is 183 g/mol. The van der Waals surface area contributed by atoms with Crippen LogP contribution in [0.5, 0.6) is 0 Å². The van der Waals surface area contributed by atoms with Gasteiger partial charge < -0.3 is 10.0 Å². The lowest BCUT2D eigenvalue weighted by molar-refractivity contribution is 0.425. The minimum atomic E-state index is -1.36. The molecule has 0 unspecified atom stereocenters. The van der Waals surface area contributed by atoms with Crippen LogP contribution in [0.3, 0.4) is 0 Å². The Morgan fingerprint density at radius 1 is 1.15 bits per heavy atom. The first-order valence-corrected chi connectivity index (χ1v) is 5.47. The summed E-state index contributed by atoms with van der Waals surface area (Å²) in [6.45, 7) is 4.00. The molecule has 4 heteroatoms. The first-order chi connectivity index (χ1) is 6.25. The van der Waals surface area contributed by atoms with Crippen molar-refractivity contribution < 1.29 is 10.0 Å². The summed E-state index contributed by atoms with van der Waals surface area (Å²) < 4.78 is 0. The number of thioether (sulfide) groups is 1. The number of benzene rings is 1. The van der Waals surface area contributed by atoms with Crippen LogP contribution in [0.2, 0.25) is 0 Å². The van der Waals surface area contributed by atoms with Crippen LogP contribution in [0, 0.1) is 0 Å². The van der Waals surface area contributed by atoms with Gasteiger partial charge in [-0.1, -0.05) is 32.0 Å². The molecule has 2 nitrogen and oxygen atoms in total. The van der Waals surface area contributed by atoms with Crippen LogP contribution in [-0.4, -0.2) is 23.4 Å². The lowest BCUT2D eigenvalue weighted by atomic mass is 9.80. The maximum absolute atomic E-state index is 8.88. The molecule has 0 aliphatic carbocycles. The van der Waals surface area contributed by atoms with E-state index in [1.54, 1.807) is 12.1 Å². The molecule has 1 rings (SSSR count). The second kappa shape index (κ2) is 7.01. The molecule has 13 heavy (non-hydrogen) atoms. The Kier molecular flexibility index (Phi) is 6.77. The third kappa shape index (κ3) is 3.85. The van der Waals surface area contributed by atoms with E-state index >= 15 is 0 Å². The Morgan fingerprint density at radius 2 is 1.69 bits per heavy atom. The van der Waals surface area contributed by atoms with Crippen molar-refractivity contribution in [2.45, 2.75) is 18.7 Å². The minimum absolute atomic E-state index is 0.569. The predicted octanol–water partition coefficient (Wildman–Crippen LogP) is 1.11. The summed E-state index contributed by atoms with van der Waals surface area (Å²) in [6, 6.07) is 7.22. The van der Waals surface area contributed by atoms with E-state index < -0.39 is 7.12 Å². The van der Waals surface area contributed by atoms with Crippen LogP contribution in [-0.2, 0) is 0 Å². The molecule has 0 atom stereocenters. The molecule has 0 aliphatic rings. The summed E-state index contributed by atoms with van der Waals surface area (Å²) in [5.74, 6) is 0. The topological polar surface area (TPSA) is 40.5 Å². The van der Waals surface area contributed by atoms with E-state index in [4.69, 9.17) is 10.0 Å². The van der Waals surface area contributed by atoms with Gasteiger partial charge in [0, 0.05) is 4.90 Å². The van der Waals surface area contributed by atoms with E-state index in [1.165, 1.54) is 11.8 Å². The van der Waals surface area contributed by atoms with Crippen molar-refractivity contribution in [1.82, 2.24) is 0 Å². The molecule has 0 heterocycles. The van der Waals surface area contributed by atoms with Crippen LogP contribution in [0.15, 0.2) is 29.2 Å². The molecule has 0 amide bonds. The summed E-state index contributed by atoms with van der Waals surface area (Å²) in [6.07, 6.45) is 1.90. The van der Waals surface area contributed by atoms with Crippen molar-refractivity contribution in [2.75, 3.05) is 6.26 Å². The van der Waals surface area contributed by atoms with Crippen LogP contribution in [0.4, 0.5) is 0 Å². The van der Waals surface area contributed by atoms with Crippen LogP contribution in [0.25, 0.3) is 0 Å². The van der Waals surface area contributed by atoms with E-state index in [0.717, 1.165) is 4.90 Å². The summed E-state index contributed by atoms with van der Waals surface area (Å²) in [7, 11) is -1.36. The summed E-state index contributed by atoms with van der Waals surface area (Å²) in [5, 5.41) is 17.8. The summed E-state index contributed by atoms with van der Waals surface area (Å²) in [5.41, 5.74) is 0.569. The van der Waals surface area contributed by atoms with Crippen molar-refractivity contribution in [3.63, 3.8) is 0 Å². The molecule has 0 saturated heterocycles. The first kappa shape index (κ1) is 12.6. The highest BCUT2D eigenvalue weighted by Gasteiger charge is 2.13. The highest BCUT2D eigenvalue weighted by atomic mass is 32.2. The quantitative estimate of drug-likeness (QED) is 0.552. The lowest BCUT2D eigenvalue weighted by Crippen LogP contribution is -2.31. The maximum atomic E-state index is 8.88. The van der Waals surface area contributed by atoms with E-state index in [2.05, 4.69) is 0 Å². The van der Waals surface area contributed by atoms with Gasteiger partial charge in [-0.05, 0) is 17.8 Å². The van der Waals surface area contributed by atoms with Crippen molar-refractivity contribution in [3.05, 3.63) is 24.3 Å². The normalized spacial score (nSPS) is 8.69. The second-order valence-electron chi connectivity index (χ2n) is 2.12. The average molecular weight is 198 g/mol. The summed E-state index contributed by atoms with van der Waals surface area (Å²) in [4.78, 5) is 0.905. The van der Waals surface area contributed by atoms with Gasteiger partial charge >= 0.3 is 7.12 Å². The summed E-state index contributed by atoms with van der Waals surface area (Å²) >= 11 is 1.50. The van der Waals surface area contributed by atoms with E-state index in [1.807, 2.05) is 32.2 Å². The average Bonchev–Trinajstić information content (AvgIpc) is 2.20. The zero-order valence-corrected chi connectivity index (χ0v) is 9.01. The Hall–Kier alpha value is -0.445. The molecule has 0 fully saturated rings. The van der Waals surface area contributed by atoms with E-state index in [0.29, 0.717) is 5.46 Å². The predicted molar refractivity (Wildman–Crippen MR) is 59.4 cm³/mol. The molecule has 1 aromatic carbocycles. The Labute approximate surface area is 84.1 Å². The van der Waals surface area contributed by atoms with Gasteiger partial charge in [-0.3, -0.25) is 0 Å². The molecule has 0 spiro atoms. The minimum Gasteiger partial charge on any atom is -0.423 e. The van der Waals surface area contributed by atoms with Gasteiger partial charge in [0.05, 0.1) is 0 Å². The van der Waals surface area contributed by atoms with E-state index in [9.17, 15) is 0 Å². The Morgan fingerprint density at radius 3 is 2.08 bits per heavy atom. The number of hydrogen-bond donors (Lipinski definition) is 2. The molecule has 0 bridgehead atoms. The third-order valence-electron chi connectivity index (χ3n) is 1.42. The number of rotatable bonds is 2. The van der Waals surface area contributed by atoms with Gasteiger partial charge in [0.2, 0.25) is 0 Å². The molecule has 0 aliphatic heterocycles. The van der Waals surface area contributed by atoms with Crippen LogP contribution in [0.1, 0.15) is 13.8 Å². The van der Waals surface area contributed by atoms with Crippen molar-refractivity contribution in [1.29, 1.82) is 0 Å². The number of hydrogen-bond acceptors (Lipinski definition) is 3. The van der Waals surface area contributed by atoms with Crippen molar-refractivity contribution >= 4 is 24.3 Å². The zero-order chi connectivity index (χ0) is 10.3. The molecule has 0 saturated carbocycles. The van der Waals surface area contributed by atoms with Crippen molar-refractivity contribution in [2.24, 2.45) is 0 Å². The van der Waals surface area contributed by atoms with Gasteiger partial charge in [-0.25, -0.2) is 0 Å². The smallest absolute Gasteiger partial charge is 0.423 e. The Balaban J connectivity index is 0.000000671. The highest BCUT2D eigenvalue weighted by molar-refractivity contribution is 7.98.